The monoisotopic (exact) mass is 333 g/mol. The molecule has 0 atom stereocenters. The Morgan fingerprint density at radius 2 is 2.00 bits per heavy atom. The van der Waals surface area contributed by atoms with Gasteiger partial charge in [-0.15, -0.1) is 0 Å². The molecule has 0 aliphatic carbocycles. The molecule has 1 heterocycles. The van der Waals surface area contributed by atoms with Crippen LogP contribution >= 0.6 is 39.1 Å². The summed E-state index contributed by atoms with van der Waals surface area (Å²) in [6, 6.07) is 5.65. The molecule has 2 rings (SSSR count). The molecule has 90 valence electrons. The number of fused-ring (bicyclic) bond motifs is 1. The molecule has 17 heavy (non-hydrogen) atoms. The molecule has 0 aliphatic rings. The van der Waals surface area contributed by atoms with Gasteiger partial charge in [-0.1, -0.05) is 39.1 Å². The van der Waals surface area contributed by atoms with Gasteiger partial charge in [0.2, 0.25) is 0 Å². The van der Waals surface area contributed by atoms with Crippen molar-refractivity contribution in [2.24, 2.45) is 0 Å². The van der Waals surface area contributed by atoms with Crippen molar-refractivity contribution >= 4 is 50.0 Å². The Hall–Kier alpha value is -0.510. The van der Waals surface area contributed by atoms with Gasteiger partial charge in [0.15, 0.2) is 10.9 Å². The molecule has 0 saturated carbocycles. The molecule has 0 spiro atoms. The van der Waals surface area contributed by atoms with Crippen molar-refractivity contribution in [1.29, 1.82) is 0 Å². The number of aromatic nitrogens is 1. The first-order chi connectivity index (χ1) is 7.99. The molecule has 2 aromatic rings. The lowest BCUT2D eigenvalue weighted by Crippen LogP contribution is -2.07. The van der Waals surface area contributed by atoms with E-state index in [0.29, 0.717) is 15.9 Å². The average molecular weight is 335 g/mol. The zero-order chi connectivity index (χ0) is 12.6. The number of hydrogen-bond acceptors (Lipinski definition) is 2. The van der Waals surface area contributed by atoms with Crippen molar-refractivity contribution in [2.75, 3.05) is 0 Å². The molecule has 0 saturated heterocycles. The van der Waals surface area contributed by atoms with Crippen LogP contribution in [0.1, 0.15) is 13.8 Å². The quantitative estimate of drug-likeness (QED) is 0.713. The number of hydrogen-bond donors (Lipinski definition) is 0. The molecule has 0 N–H and O–H groups in total. The predicted molar refractivity (Wildman–Crippen MR) is 75.2 cm³/mol. The summed E-state index contributed by atoms with van der Waals surface area (Å²) < 4.78 is 6.52. The Kier molecular flexibility index (Phi) is 3.81. The standard InChI is InChI=1S/C12H10BrCl2NO/c1-6(2)17-11-10(14)8-5-7(13)3-4-9(8)16-12(11)15/h3-6H,1-2H3. The smallest absolute Gasteiger partial charge is 0.176 e. The van der Waals surface area contributed by atoms with E-state index in [2.05, 4.69) is 20.9 Å². The van der Waals surface area contributed by atoms with Gasteiger partial charge in [0.1, 0.15) is 0 Å². The van der Waals surface area contributed by atoms with Crippen LogP contribution in [-0.4, -0.2) is 11.1 Å². The second kappa shape index (κ2) is 5.01. The first-order valence-corrected chi connectivity index (χ1v) is 6.65. The van der Waals surface area contributed by atoms with Crippen molar-refractivity contribution < 1.29 is 4.74 Å². The number of rotatable bonds is 2. The first kappa shape index (κ1) is 12.9. The number of pyridine rings is 1. The maximum absolute atomic E-state index is 6.29. The summed E-state index contributed by atoms with van der Waals surface area (Å²) >= 11 is 15.8. The van der Waals surface area contributed by atoms with Crippen molar-refractivity contribution in [3.05, 3.63) is 32.8 Å². The predicted octanol–water partition coefficient (Wildman–Crippen LogP) is 5.09. The van der Waals surface area contributed by atoms with Crippen LogP contribution in [0.15, 0.2) is 22.7 Å². The zero-order valence-corrected chi connectivity index (χ0v) is 12.4. The highest BCUT2D eigenvalue weighted by molar-refractivity contribution is 9.10. The average Bonchev–Trinajstić information content (AvgIpc) is 2.25. The van der Waals surface area contributed by atoms with Crippen molar-refractivity contribution in [2.45, 2.75) is 20.0 Å². The zero-order valence-electron chi connectivity index (χ0n) is 9.30. The van der Waals surface area contributed by atoms with Gasteiger partial charge >= 0.3 is 0 Å². The van der Waals surface area contributed by atoms with Crippen LogP contribution in [0.25, 0.3) is 10.9 Å². The van der Waals surface area contributed by atoms with Crippen LogP contribution in [0.3, 0.4) is 0 Å². The molecule has 2 nitrogen and oxygen atoms in total. The van der Waals surface area contributed by atoms with Gasteiger partial charge in [-0.2, -0.15) is 0 Å². The highest BCUT2D eigenvalue weighted by atomic mass is 79.9. The Morgan fingerprint density at radius 1 is 1.29 bits per heavy atom. The Morgan fingerprint density at radius 3 is 2.65 bits per heavy atom. The van der Waals surface area contributed by atoms with Crippen molar-refractivity contribution in [3.63, 3.8) is 0 Å². The van der Waals surface area contributed by atoms with Crippen molar-refractivity contribution in [3.8, 4) is 5.75 Å². The molecule has 0 amide bonds. The number of ether oxygens (including phenoxy) is 1. The van der Waals surface area contributed by atoms with Gasteiger partial charge in [0, 0.05) is 9.86 Å². The second-order valence-electron chi connectivity index (χ2n) is 3.87. The molecule has 0 bridgehead atoms. The van der Waals surface area contributed by atoms with E-state index >= 15 is 0 Å². The second-order valence-corrected chi connectivity index (χ2v) is 5.53. The van der Waals surface area contributed by atoms with Crippen LogP contribution in [0, 0.1) is 0 Å². The van der Waals surface area contributed by atoms with E-state index in [0.717, 1.165) is 15.4 Å². The summed E-state index contributed by atoms with van der Waals surface area (Å²) in [5, 5.41) is 1.61. The van der Waals surface area contributed by atoms with Gasteiger partial charge in [-0.05, 0) is 32.0 Å². The fraction of sp³-hybridized carbons (Fsp3) is 0.250. The SMILES string of the molecule is CC(C)Oc1c(Cl)nc2ccc(Br)cc2c1Cl. The summed E-state index contributed by atoms with van der Waals surface area (Å²) in [7, 11) is 0. The molecule has 0 aliphatic heterocycles. The number of halogens is 3. The van der Waals surface area contributed by atoms with Crippen molar-refractivity contribution in [1.82, 2.24) is 4.98 Å². The van der Waals surface area contributed by atoms with E-state index in [9.17, 15) is 0 Å². The number of nitrogens with zero attached hydrogens (tertiary/aromatic N) is 1. The van der Waals surface area contributed by atoms with Gasteiger partial charge in [-0.3, -0.25) is 0 Å². The third-order valence-electron chi connectivity index (χ3n) is 2.15. The largest absolute Gasteiger partial charge is 0.486 e. The molecule has 0 radical (unpaired) electrons. The van der Waals surface area contributed by atoms with E-state index in [-0.39, 0.29) is 6.10 Å². The molecule has 1 aromatic heterocycles. The fourth-order valence-corrected chi connectivity index (χ4v) is 2.41. The molecule has 0 fully saturated rings. The molecule has 0 unspecified atom stereocenters. The summed E-state index contributed by atoms with van der Waals surface area (Å²) in [4.78, 5) is 4.27. The topological polar surface area (TPSA) is 22.1 Å². The van der Waals surface area contributed by atoms with Crippen LogP contribution in [-0.2, 0) is 0 Å². The molecular formula is C12H10BrCl2NO. The van der Waals surface area contributed by atoms with Gasteiger partial charge in [-0.25, -0.2) is 4.98 Å². The minimum atomic E-state index is -0.00333. The minimum Gasteiger partial charge on any atom is -0.486 e. The lowest BCUT2D eigenvalue weighted by molar-refractivity contribution is 0.242. The number of benzene rings is 1. The van der Waals surface area contributed by atoms with Gasteiger partial charge in [0.25, 0.3) is 0 Å². The Labute approximate surface area is 118 Å². The van der Waals surface area contributed by atoms with E-state index in [1.54, 1.807) is 0 Å². The van der Waals surface area contributed by atoms with Crippen LogP contribution < -0.4 is 4.74 Å². The Bertz CT molecular complexity index is 572. The highest BCUT2D eigenvalue weighted by Crippen LogP contribution is 2.38. The summed E-state index contributed by atoms with van der Waals surface area (Å²) in [5.74, 6) is 0.439. The lowest BCUT2D eigenvalue weighted by Gasteiger charge is -2.14. The van der Waals surface area contributed by atoms with E-state index in [4.69, 9.17) is 27.9 Å². The summed E-state index contributed by atoms with van der Waals surface area (Å²) in [5.41, 5.74) is 0.749. The van der Waals surface area contributed by atoms with E-state index < -0.39 is 0 Å². The van der Waals surface area contributed by atoms with Crippen LogP contribution in [0.5, 0.6) is 5.75 Å². The molecular weight excluding hydrogens is 325 g/mol. The normalized spacial score (nSPS) is 11.2. The fourth-order valence-electron chi connectivity index (χ4n) is 1.49. The van der Waals surface area contributed by atoms with E-state index in [1.807, 2.05) is 32.0 Å². The first-order valence-electron chi connectivity index (χ1n) is 5.10. The summed E-state index contributed by atoms with van der Waals surface area (Å²) in [6.07, 6.45) is -0.00333. The highest BCUT2D eigenvalue weighted by Gasteiger charge is 2.15. The maximum Gasteiger partial charge on any atom is 0.176 e. The van der Waals surface area contributed by atoms with Gasteiger partial charge < -0.3 is 4.74 Å². The Balaban J connectivity index is 2.68. The summed E-state index contributed by atoms with van der Waals surface area (Å²) in [6.45, 7) is 3.83. The molecule has 5 heteroatoms. The minimum absolute atomic E-state index is 0.00333. The molecule has 1 aromatic carbocycles. The van der Waals surface area contributed by atoms with Gasteiger partial charge in [0.05, 0.1) is 16.6 Å². The third kappa shape index (κ3) is 2.67. The van der Waals surface area contributed by atoms with Crippen LogP contribution in [0.4, 0.5) is 0 Å². The van der Waals surface area contributed by atoms with E-state index in [1.165, 1.54) is 0 Å². The third-order valence-corrected chi connectivity index (χ3v) is 3.28. The lowest BCUT2D eigenvalue weighted by atomic mass is 10.2. The maximum atomic E-state index is 6.29. The van der Waals surface area contributed by atoms with Crippen LogP contribution in [0.2, 0.25) is 10.2 Å².